The minimum Gasteiger partial charge on any atom is -0.491 e. The fourth-order valence-electron chi connectivity index (χ4n) is 1.73. The van der Waals surface area contributed by atoms with E-state index in [0.717, 1.165) is 25.1 Å². The number of hydrogen-bond donors (Lipinski definition) is 1. The van der Waals surface area contributed by atoms with Crippen LogP contribution in [0.25, 0.3) is 0 Å². The lowest BCUT2D eigenvalue weighted by atomic mass is 10.2. The second-order valence-corrected chi connectivity index (χ2v) is 5.73. The molecule has 0 saturated heterocycles. The first kappa shape index (κ1) is 15.4. The van der Waals surface area contributed by atoms with Crippen LogP contribution >= 0.6 is 11.8 Å². The van der Waals surface area contributed by atoms with Crippen LogP contribution in [0.15, 0.2) is 29.2 Å². The molecule has 1 N–H and O–H groups in total. The molecule has 0 saturated carbocycles. The Morgan fingerprint density at radius 3 is 2.39 bits per heavy atom. The Hall–Kier alpha value is -0.670. The maximum atomic E-state index is 5.88. The molecule has 0 aliphatic heterocycles. The summed E-state index contributed by atoms with van der Waals surface area (Å²) in [5.74, 6) is 0.970. The third-order valence-corrected chi connectivity index (χ3v) is 3.48. The molecule has 102 valence electrons. The summed E-state index contributed by atoms with van der Waals surface area (Å²) in [4.78, 5) is 1.27. The Bertz CT molecular complexity index is 324. The predicted molar refractivity (Wildman–Crippen MR) is 80.7 cm³/mol. The predicted octanol–water partition coefficient (Wildman–Crippen LogP) is 3.95. The fourth-order valence-corrected chi connectivity index (χ4v) is 2.13. The van der Waals surface area contributed by atoms with Crippen molar-refractivity contribution in [3.05, 3.63) is 24.3 Å². The molecule has 1 rings (SSSR count). The molecule has 0 amide bonds. The summed E-state index contributed by atoms with van der Waals surface area (Å²) in [6.45, 7) is 7.55. The van der Waals surface area contributed by atoms with Crippen LogP contribution in [0.1, 0.15) is 33.6 Å². The van der Waals surface area contributed by atoms with E-state index >= 15 is 0 Å². The van der Waals surface area contributed by atoms with Crippen molar-refractivity contribution in [3.8, 4) is 5.75 Å². The maximum absolute atomic E-state index is 5.88. The quantitative estimate of drug-likeness (QED) is 0.569. The molecule has 0 heterocycles. The normalized spacial score (nSPS) is 12.7. The summed E-state index contributed by atoms with van der Waals surface area (Å²) < 4.78 is 5.88. The second-order valence-electron chi connectivity index (χ2n) is 4.86. The Kier molecular flexibility index (Phi) is 7.21. The molecule has 1 aromatic rings. The van der Waals surface area contributed by atoms with Crippen LogP contribution in [0.3, 0.4) is 0 Å². The van der Waals surface area contributed by atoms with Gasteiger partial charge in [0.2, 0.25) is 0 Å². The number of thioether (sulfide) groups is 1. The third-order valence-electron chi connectivity index (χ3n) is 2.74. The van der Waals surface area contributed by atoms with Gasteiger partial charge in [-0.25, -0.2) is 0 Å². The topological polar surface area (TPSA) is 21.3 Å². The fraction of sp³-hybridized carbons (Fsp3) is 0.600. The first-order valence-electron chi connectivity index (χ1n) is 6.66. The van der Waals surface area contributed by atoms with E-state index in [4.69, 9.17) is 4.74 Å². The van der Waals surface area contributed by atoms with E-state index < -0.39 is 0 Å². The molecular weight excluding hydrogens is 242 g/mol. The van der Waals surface area contributed by atoms with Gasteiger partial charge in [0.05, 0.1) is 6.10 Å². The monoisotopic (exact) mass is 267 g/mol. The molecular formula is C15H25NOS. The van der Waals surface area contributed by atoms with Crippen molar-refractivity contribution in [3.63, 3.8) is 0 Å². The van der Waals surface area contributed by atoms with Crippen molar-refractivity contribution in [2.24, 2.45) is 0 Å². The minimum atomic E-state index is 0.277. The van der Waals surface area contributed by atoms with Gasteiger partial charge in [-0.3, -0.25) is 0 Å². The van der Waals surface area contributed by atoms with Crippen LogP contribution in [0, 0.1) is 0 Å². The molecule has 0 radical (unpaired) electrons. The Balaban J connectivity index is 2.24. The van der Waals surface area contributed by atoms with Crippen molar-refractivity contribution < 1.29 is 4.74 Å². The lowest BCUT2D eigenvalue weighted by molar-refractivity contribution is 0.207. The molecule has 0 spiro atoms. The highest BCUT2D eigenvalue weighted by atomic mass is 32.2. The summed E-state index contributed by atoms with van der Waals surface area (Å²) in [5.41, 5.74) is 0. The van der Waals surface area contributed by atoms with E-state index in [-0.39, 0.29) is 6.10 Å². The van der Waals surface area contributed by atoms with Gasteiger partial charge >= 0.3 is 0 Å². The van der Waals surface area contributed by atoms with Crippen molar-refractivity contribution in [1.82, 2.24) is 5.32 Å². The van der Waals surface area contributed by atoms with Gasteiger partial charge in [-0.1, -0.05) is 13.8 Å². The highest BCUT2D eigenvalue weighted by Gasteiger charge is 2.04. The van der Waals surface area contributed by atoms with Crippen LogP contribution in [-0.4, -0.2) is 24.9 Å². The molecule has 1 atom stereocenters. The first-order valence-corrected chi connectivity index (χ1v) is 7.88. The van der Waals surface area contributed by atoms with Crippen LogP contribution in [-0.2, 0) is 0 Å². The Labute approximate surface area is 116 Å². The number of hydrogen-bond acceptors (Lipinski definition) is 3. The van der Waals surface area contributed by atoms with Gasteiger partial charge in [0.15, 0.2) is 0 Å². The van der Waals surface area contributed by atoms with Gasteiger partial charge in [0.25, 0.3) is 0 Å². The maximum Gasteiger partial charge on any atom is 0.119 e. The van der Waals surface area contributed by atoms with Gasteiger partial charge in [-0.15, -0.1) is 11.8 Å². The highest BCUT2D eigenvalue weighted by Crippen LogP contribution is 2.20. The third kappa shape index (κ3) is 6.31. The summed E-state index contributed by atoms with van der Waals surface area (Å²) >= 11 is 1.75. The molecule has 0 aromatic heterocycles. The zero-order valence-corrected chi connectivity index (χ0v) is 12.7. The molecule has 0 aliphatic carbocycles. The number of rotatable bonds is 8. The molecule has 1 aromatic carbocycles. The molecule has 2 nitrogen and oxygen atoms in total. The van der Waals surface area contributed by atoms with Gasteiger partial charge < -0.3 is 10.1 Å². The van der Waals surface area contributed by atoms with E-state index in [1.165, 1.54) is 4.90 Å². The van der Waals surface area contributed by atoms with Crippen LogP contribution in [0.4, 0.5) is 0 Å². The smallest absolute Gasteiger partial charge is 0.119 e. The highest BCUT2D eigenvalue weighted by molar-refractivity contribution is 7.98. The molecule has 3 heteroatoms. The van der Waals surface area contributed by atoms with Crippen molar-refractivity contribution in [2.75, 3.05) is 12.8 Å². The van der Waals surface area contributed by atoms with E-state index in [1.807, 2.05) is 0 Å². The zero-order valence-electron chi connectivity index (χ0n) is 11.9. The van der Waals surface area contributed by atoms with Crippen LogP contribution in [0.2, 0.25) is 0 Å². The summed E-state index contributed by atoms with van der Waals surface area (Å²) in [5, 5.41) is 3.42. The average Bonchev–Trinajstić information content (AvgIpc) is 2.35. The largest absolute Gasteiger partial charge is 0.491 e. The SMILES string of the molecule is CSc1ccc(OC(C)CCCNC(C)C)cc1. The molecule has 1 unspecified atom stereocenters. The zero-order chi connectivity index (χ0) is 13.4. The summed E-state index contributed by atoms with van der Waals surface area (Å²) in [7, 11) is 0. The van der Waals surface area contributed by atoms with Gasteiger partial charge in [-0.05, 0) is 56.8 Å². The number of nitrogens with one attached hydrogen (secondary N) is 1. The van der Waals surface area contributed by atoms with Gasteiger partial charge in [-0.2, -0.15) is 0 Å². The van der Waals surface area contributed by atoms with E-state index in [1.54, 1.807) is 11.8 Å². The number of benzene rings is 1. The first-order chi connectivity index (χ1) is 8.61. The molecule has 0 fully saturated rings. The summed E-state index contributed by atoms with van der Waals surface area (Å²) in [6, 6.07) is 8.88. The van der Waals surface area contributed by atoms with E-state index in [0.29, 0.717) is 6.04 Å². The van der Waals surface area contributed by atoms with Crippen LogP contribution in [0.5, 0.6) is 5.75 Å². The summed E-state index contributed by atoms with van der Waals surface area (Å²) in [6.07, 6.45) is 4.60. The standard InChI is InChI=1S/C15H25NOS/c1-12(2)16-11-5-6-13(3)17-14-7-9-15(18-4)10-8-14/h7-10,12-13,16H,5-6,11H2,1-4H3. The molecule has 0 aliphatic rings. The van der Waals surface area contributed by atoms with Crippen LogP contribution < -0.4 is 10.1 Å². The van der Waals surface area contributed by atoms with Crippen molar-refractivity contribution in [2.45, 2.75) is 50.7 Å². The lowest BCUT2D eigenvalue weighted by Crippen LogP contribution is -2.25. The van der Waals surface area contributed by atoms with E-state index in [2.05, 4.69) is 56.6 Å². The lowest BCUT2D eigenvalue weighted by Gasteiger charge is -2.15. The van der Waals surface area contributed by atoms with Gasteiger partial charge in [0, 0.05) is 10.9 Å². The molecule has 0 bridgehead atoms. The van der Waals surface area contributed by atoms with Crippen molar-refractivity contribution >= 4 is 11.8 Å². The second kappa shape index (κ2) is 8.44. The molecule has 18 heavy (non-hydrogen) atoms. The Morgan fingerprint density at radius 2 is 1.83 bits per heavy atom. The number of ether oxygens (including phenoxy) is 1. The average molecular weight is 267 g/mol. The van der Waals surface area contributed by atoms with Crippen molar-refractivity contribution in [1.29, 1.82) is 0 Å². The van der Waals surface area contributed by atoms with E-state index in [9.17, 15) is 0 Å². The minimum absolute atomic E-state index is 0.277. The van der Waals surface area contributed by atoms with Gasteiger partial charge in [0.1, 0.15) is 5.75 Å². The Morgan fingerprint density at radius 1 is 1.17 bits per heavy atom.